The number of fused-ring (bicyclic) bond motifs is 3. The predicted octanol–water partition coefficient (Wildman–Crippen LogP) is 4.55. The van der Waals surface area contributed by atoms with Gasteiger partial charge in [-0.25, -0.2) is 0 Å². The Labute approximate surface area is 192 Å². The van der Waals surface area contributed by atoms with Crippen LogP contribution < -0.4 is 4.90 Å². The van der Waals surface area contributed by atoms with Crippen LogP contribution in [0.4, 0.5) is 11.4 Å². The maximum absolute atomic E-state index is 14.0. The maximum atomic E-state index is 14.0. The molecule has 1 amide bonds. The SMILES string of the molecule is O=C1N(c2cnc3ccccc3c2)c2ccccc2C12CCN(Cc1ncccc1O)CC2. The number of rotatable bonds is 3. The molecule has 6 nitrogen and oxygen atoms in total. The van der Waals surface area contributed by atoms with Crippen molar-refractivity contribution in [2.24, 2.45) is 0 Å². The van der Waals surface area contributed by atoms with Gasteiger partial charge in [0.05, 0.1) is 34.2 Å². The lowest BCUT2D eigenvalue weighted by Crippen LogP contribution is -2.47. The Morgan fingerprint density at radius 1 is 0.939 bits per heavy atom. The Kier molecular flexibility index (Phi) is 4.62. The Morgan fingerprint density at radius 3 is 2.58 bits per heavy atom. The summed E-state index contributed by atoms with van der Waals surface area (Å²) in [6, 6.07) is 21.6. The number of aromatic hydroxyl groups is 1. The van der Waals surface area contributed by atoms with E-state index in [4.69, 9.17) is 0 Å². The number of likely N-dealkylation sites (tertiary alicyclic amines) is 1. The molecule has 0 unspecified atom stereocenters. The van der Waals surface area contributed by atoms with Crippen LogP contribution in [-0.4, -0.2) is 39.0 Å². The molecule has 2 aromatic heterocycles. The first-order valence-electron chi connectivity index (χ1n) is 11.3. The predicted molar refractivity (Wildman–Crippen MR) is 127 cm³/mol. The number of hydrogen-bond donors (Lipinski definition) is 1. The van der Waals surface area contributed by atoms with Crippen LogP contribution >= 0.6 is 0 Å². The largest absolute Gasteiger partial charge is 0.506 e. The average molecular weight is 437 g/mol. The first kappa shape index (κ1) is 19.9. The van der Waals surface area contributed by atoms with Gasteiger partial charge in [0.1, 0.15) is 5.75 Å². The van der Waals surface area contributed by atoms with Gasteiger partial charge in [-0.05, 0) is 61.8 Å². The number of carbonyl (C=O) groups is 1. The van der Waals surface area contributed by atoms with Crippen LogP contribution in [0.1, 0.15) is 24.1 Å². The Balaban J connectivity index is 1.32. The first-order valence-corrected chi connectivity index (χ1v) is 11.3. The highest BCUT2D eigenvalue weighted by molar-refractivity contribution is 6.13. The summed E-state index contributed by atoms with van der Waals surface area (Å²) in [5.41, 5.74) is 3.92. The second-order valence-electron chi connectivity index (χ2n) is 8.87. The van der Waals surface area contributed by atoms with E-state index in [0.717, 1.165) is 53.8 Å². The van der Waals surface area contributed by atoms with Gasteiger partial charge >= 0.3 is 0 Å². The van der Waals surface area contributed by atoms with Crippen LogP contribution in [-0.2, 0) is 16.8 Å². The molecule has 1 N–H and O–H groups in total. The molecule has 0 saturated carbocycles. The Hall–Kier alpha value is -3.77. The minimum absolute atomic E-state index is 0.126. The molecule has 2 aliphatic heterocycles. The smallest absolute Gasteiger partial charge is 0.242 e. The summed E-state index contributed by atoms with van der Waals surface area (Å²) >= 11 is 0. The third kappa shape index (κ3) is 3.17. The highest BCUT2D eigenvalue weighted by Crippen LogP contribution is 2.50. The molecule has 2 aliphatic rings. The lowest BCUT2D eigenvalue weighted by atomic mass is 9.73. The molecule has 0 radical (unpaired) electrons. The van der Waals surface area contributed by atoms with E-state index in [0.29, 0.717) is 12.2 Å². The molecule has 6 rings (SSSR count). The maximum Gasteiger partial charge on any atom is 0.242 e. The van der Waals surface area contributed by atoms with Gasteiger partial charge in [-0.2, -0.15) is 0 Å². The van der Waals surface area contributed by atoms with Gasteiger partial charge in [0.25, 0.3) is 0 Å². The Morgan fingerprint density at radius 2 is 1.73 bits per heavy atom. The fraction of sp³-hybridized carbons (Fsp3) is 0.222. The summed E-state index contributed by atoms with van der Waals surface area (Å²) in [4.78, 5) is 27.1. The molecule has 1 fully saturated rings. The van der Waals surface area contributed by atoms with Crippen LogP contribution in [0.3, 0.4) is 0 Å². The van der Waals surface area contributed by atoms with E-state index in [9.17, 15) is 9.90 Å². The third-order valence-electron chi connectivity index (χ3n) is 7.06. The van der Waals surface area contributed by atoms with Gasteiger partial charge in [0.15, 0.2) is 0 Å². The third-order valence-corrected chi connectivity index (χ3v) is 7.06. The van der Waals surface area contributed by atoms with Crippen molar-refractivity contribution < 1.29 is 9.90 Å². The Bertz CT molecular complexity index is 1360. The molecule has 0 aliphatic carbocycles. The number of aromatic nitrogens is 2. The van der Waals surface area contributed by atoms with Gasteiger partial charge in [0, 0.05) is 18.1 Å². The molecule has 33 heavy (non-hydrogen) atoms. The van der Waals surface area contributed by atoms with Crippen molar-refractivity contribution in [3.05, 3.63) is 90.4 Å². The molecule has 4 heterocycles. The zero-order valence-corrected chi connectivity index (χ0v) is 18.2. The van der Waals surface area contributed by atoms with Crippen LogP contribution in [0.2, 0.25) is 0 Å². The molecular weight excluding hydrogens is 412 g/mol. The van der Waals surface area contributed by atoms with Gasteiger partial charge in [-0.1, -0.05) is 36.4 Å². The quantitative estimate of drug-likeness (QED) is 0.510. The van der Waals surface area contributed by atoms with Crippen molar-refractivity contribution in [2.45, 2.75) is 24.8 Å². The number of amides is 1. The summed E-state index contributed by atoms with van der Waals surface area (Å²) in [6.45, 7) is 2.11. The number of anilines is 2. The zero-order chi connectivity index (χ0) is 22.4. The van der Waals surface area contributed by atoms with E-state index in [1.807, 2.05) is 47.4 Å². The lowest BCUT2D eigenvalue weighted by Gasteiger charge is -2.38. The minimum Gasteiger partial charge on any atom is -0.506 e. The van der Waals surface area contributed by atoms with Crippen LogP contribution in [0.15, 0.2) is 79.1 Å². The zero-order valence-electron chi connectivity index (χ0n) is 18.2. The van der Waals surface area contributed by atoms with E-state index in [1.54, 1.807) is 24.5 Å². The fourth-order valence-electron chi connectivity index (χ4n) is 5.29. The molecule has 164 valence electrons. The van der Waals surface area contributed by atoms with Gasteiger partial charge in [-0.15, -0.1) is 0 Å². The number of carbonyl (C=O) groups excluding carboxylic acids is 1. The molecule has 4 aromatic rings. The number of piperidine rings is 1. The van der Waals surface area contributed by atoms with Crippen LogP contribution in [0, 0.1) is 0 Å². The summed E-state index contributed by atoms with van der Waals surface area (Å²) in [5.74, 6) is 0.344. The molecule has 0 bridgehead atoms. The van der Waals surface area contributed by atoms with E-state index >= 15 is 0 Å². The van der Waals surface area contributed by atoms with Crippen molar-refractivity contribution in [1.29, 1.82) is 0 Å². The van der Waals surface area contributed by atoms with Crippen molar-refractivity contribution in [1.82, 2.24) is 14.9 Å². The number of pyridine rings is 2. The molecule has 0 atom stereocenters. The van der Waals surface area contributed by atoms with Gasteiger partial charge < -0.3 is 5.11 Å². The summed E-state index contributed by atoms with van der Waals surface area (Å²) in [7, 11) is 0. The van der Waals surface area contributed by atoms with Gasteiger partial charge in [0.2, 0.25) is 5.91 Å². The number of nitrogens with zero attached hydrogens (tertiary/aromatic N) is 4. The van der Waals surface area contributed by atoms with Crippen LogP contribution in [0.5, 0.6) is 5.75 Å². The van der Waals surface area contributed by atoms with Crippen molar-refractivity contribution in [3.8, 4) is 5.75 Å². The van der Waals surface area contributed by atoms with E-state index < -0.39 is 5.41 Å². The fourth-order valence-corrected chi connectivity index (χ4v) is 5.29. The normalized spacial score (nSPS) is 17.6. The molecule has 2 aromatic carbocycles. The lowest BCUT2D eigenvalue weighted by molar-refractivity contribution is -0.124. The molecular formula is C27H24N4O2. The summed E-state index contributed by atoms with van der Waals surface area (Å²) < 4.78 is 0. The molecule has 1 saturated heterocycles. The average Bonchev–Trinajstić information content (AvgIpc) is 3.09. The minimum atomic E-state index is -0.537. The molecule has 6 heteroatoms. The monoisotopic (exact) mass is 436 g/mol. The number of hydrogen-bond acceptors (Lipinski definition) is 5. The highest BCUT2D eigenvalue weighted by atomic mass is 16.3. The summed E-state index contributed by atoms with van der Waals surface area (Å²) in [5, 5.41) is 11.1. The summed E-state index contributed by atoms with van der Waals surface area (Å²) in [6.07, 6.45) is 4.96. The van der Waals surface area contributed by atoms with Crippen LogP contribution in [0.25, 0.3) is 10.9 Å². The van der Waals surface area contributed by atoms with E-state index in [1.165, 1.54) is 0 Å². The number of para-hydroxylation sites is 2. The second kappa shape index (κ2) is 7.67. The van der Waals surface area contributed by atoms with Gasteiger partial charge in [-0.3, -0.25) is 24.6 Å². The topological polar surface area (TPSA) is 69.6 Å². The second-order valence-corrected chi connectivity index (χ2v) is 8.87. The number of benzene rings is 2. The van der Waals surface area contributed by atoms with Crippen molar-refractivity contribution in [3.63, 3.8) is 0 Å². The standard InChI is InChI=1S/C27H24N4O2/c32-25-10-5-13-28-23(25)18-30-14-11-27(12-15-30)21-7-2-4-9-24(21)31(26(27)33)20-16-19-6-1-3-8-22(19)29-17-20/h1-10,13,16-17,32H,11-12,14-15,18H2. The van der Waals surface area contributed by atoms with E-state index in [-0.39, 0.29) is 11.7 Å². The first-order chi connectivity index (χ1) is 16.2. The van der Waals surface area contributed by atoms with E-state index in [2.05, 4.69) is 27.0 Å². The molecule has 1 spiro atoms. The highest BCUT2D eigenvalue weighted by Gasteiger charge is 2.52. The van der Waals surface area contributed by atoms with Crippen molar-refractivity contribution >= 4 is 28.2 Å². The van der Waals surface area contributed by atoms with Crippen molar-refractivity contribution in [2.75, 3.05) is 18.0 Å².